The monoisotopic (exact) mass is 403 g/mol. The van der Waals surface area contributed by atoms with Gasteiger partial charge >= 0.3 is 0 Å². The fraction of sp³-hybridized carbons (Fsp3) is 0.217. The maximum absolute atomic E-state index is 13.3. The van der Waals surface area contributed by atoms with Crippen LogP contribution in [0, 0.1) is 5.82 Å². The van der Waals surface area contributed by atoms with E-state index in [4.69, 9.17) is 0 Å². The number of nitrogens with one attached hydrogen (secondary N) is 1. The zero-order chi connectivity index (χ0) is 20.9. The molecule has 1 aromatic carbocycles. The van der Waals surface area contributed by atoms with Gasteiger partial charge in [-0.05, 0) is 48.9 Å². The highest BCUT2D eigenvalue weighted by molar-refractivity contribution is 5.77. The van der Waals surface area contributed by atoms with Gasteiger partial charge in [0.15, 0.2) is 5.65 Å². The van der Waals surface area contributed by atoms with Crippen molar-refractivity contribution in [2.45, 2.75) is 32.4 Å². The molecular weight excluding hydrogens is 381 g/mol. The molecule has 0 unspecified atom stereocenters. The zero-order valence-corrected chi connectivity index (χ0v) is 16.6. The number of benzene rings is 1. The standard InChI is InChI=1S/C23H22FN5O/c1-16(19-5-2-3-13-25-19)27-22(30)12-11-21-28-20-6-4-14-26-23(20)29(21)15-17-7-9-18(24)10-8-17/h2-10,13-14,16H,11-12,15H2,1H3,(H,27,30)/t16-/m0/s1. The fourth-order valence-electron chi connectivity index (χ4n) is 3.38. The van der Waals surface area contributed by atoms with Crippen LogP contribution in [0.1, 0.15) is 36.5 Å². The van der Waals surface area contributed by atoms with Crippen LogP contribution in [-0.2, 0) is 17.8 Å². The molecule has 3 aromatic heterocycles. The number of halogens is 1. The first kappa shape index (κ1) is 19.7. The van der Waals surface area contributed by atoms with Gasteiger partial charge in [-0.15, -0.1) is 0 Å². The molecule has 4 rings (SSSR count). The smallest absolute Gasteiger partial charge is 0.220 e. The molecule has 0 radical (unpaired) electrons. The Labute approximate surface area is 173 Å². The molecular formula is C23H22FN5O. The third-order valence-corrected chi connectivity index (χ3v) is 4.92. The van der Waals surface area contributed by atoms with E-state index in [9.17, 15) is 9.18 Å². The van der Waals surface area contributed by atoms with Crippen molar-refractivity contribution < 1.29 is 9.18 Å². The number of rotatable bonds is 7. The number of aryl methyl sites for hydroxylation is 1. The first-order chi connectivity index (χ1) is 14.6. The highest BCUT2D eigenvalue weighted by Crippen LogP contribution is 2.18. The second-order valence-electron chi connectivity index (χ2n) is 7.13. The molecule has 0 aliphatic heterocycles. The molecule has 152 valence electrons. The van der Waals surface area contributed by atoms with Crippen LogP contribution < -0.4 is 5.32 Å². The van der Waals surface area contributed by atoms with Crippen molar-refractivity contribution in [1.82, 2.24) is 24.8 Å². The van der Waals surface area contributed by atoms with Crippen LogP contribution in [0.15, 0.2) is 67.0 Å². The number of carbonyl (C=O) groups is 1. The third kappa shape index (κ3) is 4.51. The van der Waals surface area contributed by atoms with Crippen LogP contribution in [0.3, 0.4) is 0 Å². The van der Waals surface area contributed by atoms with E-state index < -0.39 is 0 Å². The highest BCUT2D eigenvalue weighted by atomic mass is 19.1. The van der Waals surface area contributed by atoms with Gasteiger partial charge in [0.25, 0.3) is 0 Å². The minimum absolute atomic E-state index is 0.0681. The Morgan fingerprint density at radius 3 is 2.63 bits per heavy atom. The largest absolute Gasteiger partial charge is 0.348 e. The Morgan fingerprint density at radius 2 is 1.87 bits per heavy atom. The molecule has 4 aromatic rings. The summed E-state index contributed by atoms with van der Waals surface area (Å²) in [6.45, 7) is 2.42. The maximum Gasteiger partial charge on any atom is 0.220 e. The number of hydrogen-bond donors (Lipinski definition) is 1. The van der Waals surface area contributed by atoms with Gasteiger partial charge in [0.1, 0.15) is 17.2 Å². The number of nitrogens with zero attached hydrogens (tertiary/aromatic N) is 4. The van der Waals surface area contributed by atoms with Gasteiger partial charge in [-0.3, -0.25) is 9.78 Å². The summed E-state index contributed by atoms with van der Waals surface area (Å²) in [6, 6.07) is 15.6. The molecule has 0 aliphatic rings. The normalized spacial score (nSPS) is 12.1. The van der Waals surface area contributed by atoms with Crippen LogP contribution in [-0.4, -0.2) is 25.4 Å². The molecule has 0 spiro atoms. The van der Waals surface area contributed by atoms with Gasteiger partial charge in [-0.2, -0.15) is 0 Å². The Kier molecular flexibility index (Phi) is 5.79. The van der Waals surface area contributed by atoms with Crippen molar-refractivity contribution in [3.63, 3.8) is 0 Å². The molecule has 6 nitrogen and oxygen atoms in total. The summed E-state index contributed by atoms with van der Waals surface area (Å²) in [5.41, 5.74) is 3.28. The van der Waals surface area contributed by atoms with E-state index in [1.165, 1.54) is 12.1 Å². The summed E-state index contributed by atoms with van der Waals surface area (Å²) in [7, 11) is 0. The minimum Gasteiger partial charge on any atom is -0.348 e. The first-order valence-corrected chi connectivity index (χ1v) is 9.85. The molecule has 0 saturated heterocycles. The zero-order valence-electron chi connectivity index (χ0n) is 16.6. The van der Waals surface area contributed by atoms with E-state index in [-0.39, 0.29) is 17.8 Å². The summed E-state index contributed by atoms with van der Waals surface area (Å²) in [6.07, 6.45) is 4.20. The minimum atomic E-state index is -0.272. The van der Waals surface area contributed by atoms with E-state index >= 15 is 0 Å². The lowest BCUT2D eigenvalue weighted by atomic mass is 10.2. The van der Waals surface area contributed by atoms with Gasteiger partial charge in [0.05, 0.1) is 18.3 Å². The molecule has 0 fully saturated rings. The first-order valence-electron chi connectivity index (χ1n) is 9.85. The van der Waals surface area contributed by atoms with Crippen molar-refractivity contribution in [3.05, 3.63) is 89.9 Å². The summed E-state index contributed by atoms with van der Waals surface area (Å²) in [5.74, 6) is 0.432. The molecule has 1 amide bonds. The van der Waals surface area contributed by atoms with Crippen LogP contribution >= 0.6 is 0 Å². The van der Waals surface area contributed by atoms with Crippen LogP contribution in [0.4, 0.5) is 4.39 Å². The lowest BCUT2D eigenvalue weighted by molar-refractivity contribution is -0.121. The summed E-state index contributed by atoms with van der Waals surface area (Å²) < 4.78 is 15.2. The molecule has 1 atom stereocenters. The Hall–Kier alpha value is -3.61. The van der Waals surface area contributed by atoms with Crippen LogP contribution in [0.5, 0.6) is 0 Å². The topological polar surface area (TPSA) is 72.7 Å². The van der Waals surface area contributed by atoms with Gasteiger partial charge in [0, 0.05) is 25.2 Å². The van der Waals surface area contributed by atoms with E-state index in [2.05, 4.69) is 20.3 Å². The molecule has 7 heteroatoms. The van der Waals surface area contributed by atoms with Crippen molar-refractivity contribution in [2.24, 2.45) is 0 Å². The number of carbonyl (C=O) groups excluding carboxylic acids is 1. The van der Waals surface area contributed by atoms with Crippen LogP contribution in [0.2, 0.25) is 0 Å². The highest BCUT2D eigenvalue weighted by Gasteiger charge is 2.15. The molecule has 0 aliphatic carbocycles. The Balaban J connectivity index is 1.49. The Bertz CT molecular complexity index is 1140. The predicted molar refractivity (Wildman–Crippen MR) is 112 cm³/mol. The Morgan fingerprint density at radius 1 is 1.07 bits per heavy atom. The lowest BCUT2D eigenvalue weighted by Gasteiger charge is -2.13. The van der Waals surface area contributed by atoms with E-state index in [0.717, 1.165) is 28.2 Å². The second kappa shape index (κ2) is 8.82. The van der Waals surface area contributed by atoms with Crippen molar-refractivity contribution in [3.8, 4) is 0 Å². The number of fused-ring (bicyclic) bond motifs is 1. The van der Waals surface area contributed by atoms with Gasteiger partial charge in [0.2, 0.25) is 5.91 Å². The van der Waals surface area contributed by atoms with Gasteiger partial charge < -0.3 is 9.88 Å². The predicted octanol–water partition coefficient (Wildman–Crippen LogP) is 3.82. The summed E-state index contributed by atoms with van der Waals surface area (Å²) in [4.78, 5) is 25.9. The third-order valence-electron chi connectivity index (χ3n) is 4.92. The van der Waals surface area contributed by atoms with Gasteiger partial charge in [-0.1, -0.05) is 18.2 Å². The molecule has 3 heterocycles. The number of pyridine rings is 2. The molecule has 30 heavy (non-hydrogen) atoms. The average molecular weight is 403 g/mol. The molecule has 0 bridgehead atoms. The molecule has 0 saturated carbocycles. The number of hydrogen-bond acceptors (Lipinski definition) is 4. The summed E-state index contributed by atoms with van der Waals surface area (Å²) in [5, 5.41) is 2.98. The van der Waals surface area contributed by atoms with Crippen LogP contribution in [0.25, 0.3) is 11.2 Å². The quantitative estimate of drug-likeness (QED) is 0.509. The van der Waals surface area contributed by atoms with E-state index in [1.54, 1.807) is 24.5 Å². The number of amides is 1. The van der Waals surface area contributed by atoms with E-state index in [0.29, 0.717) is 19.4 Å². The van der Waals surface area contributed by atoms with Crippen molar-refractivity contribution in [1.29, 1.82) is 0 Å². The average Bonchev–Trinajstić information content (AvgIpc) is 3.12. The molecule has 1 N–H and O–H groups in total. The van der Waals surface area contributed by atoms with Crippen molar-refractivity contribution in [2.75, 3.05) is 0 Å². The lowest BCUT2D eigenvalue weighted by Crippen LogP contribution is -2.27. The van der Waals surface area contributed by atoms with E-state index in [1.807, 2.05) is 41.8 Å². The van der Waals surface area contributed by atoms with Gasteiger partial charge in [-0.25, -0.2) is 14.4 Å². The second-order valence-corrected chi connectivity index (χ2v) is 7.13. The number of imidazole rings is 1. The van der Waals surface area contributed by atoms with Crippen molar-refractivity contribution >= 4 is 17.1 Å². The fourth-order valence-corrected chi connectivity index (χ4v) is 3.38. The number of aromatic nitrogens is 4. The SMILES string of the molecule is C[C@H](NC(=O)CCc1nc2cccnc2n1Cc1ccc(F)cc1)c1ccccn1. The summed E-state index contributed by atoms with van der Waals surface area (Å²) >= 11 is 0. The maximum atomic E-state index is 13.3.